The summed E-state index contributed by atoms with van der Waals surface area (Å²) in [5.41, 5.74) is 1.68. The molecular weight excluding hydrogens is 356 g/mol. The maximum absolute atomic E-state index is 10.7. The molecule has 2 aliphatic rings. The summed E-state index contributed by atoms with van der Waals surface area (Å²) in [5.74, 6) is 0. The van der Waals surface area contributed by atoms with Crippen molar-refractivity contribution in [1.29, 1.82) is 0 Å². The zero-order chi connectivity index (χ0) is 18.1. The predicted molar refractivity (Wildman–Crippen MR) is 107 cm³/mol. The molecule has 0 amide bonds. The van der Waals surface area contributed by atoms with E-state index < -0.39 is 0 Å². The number of rotatable bonds is 8. The van der Waals surface area contributed by atoms with E-state index in [2.05, 4.69) is 20.2 Å². The molecule has 0 bridgehead atoms. The van der Waals surface area contributed by atoms with Crippen LogP contribution in [0.5, 0.6) is 0 Å². The number of nitroso groups, excluding NO2 is 2. The van der Waals surface area contributed by atoms with Gasteiger partial charge in [0.15, 0.2) is 0 Å². The van der Waals surface area contributed by atoms with Gasteiger partial charge in [-0.05, 0) is 53.6 Å². The normalized spacial score (nSPS) is 15.8. The molecule has 25 heavy (non-hydrogen) atoms. The molecule has 0 unspecified atom stereocenters. The monoisotopic (exact) mass is 376 g/mol. The highest BCUT2D eigenvalue weighted by atomic mass is 32.2. The fourth-order valence-corrected chi connectivity index (χ4v) is 3.24. The number of hydrogen-bond donors (Lipinski definition) is 0. The van der Waals surface area contributed by atoms with E-state index in [1.807, 2.05) is 61.6 Å². The minimum absolute atomic E-state index is 0.494. The van der Waals surface area contributed by atoms with Crippen LogP contribution in [0.25, 0.3) is 0 Å². The second kappa shape index (κ2) is 10.0. The third kappa shape index (κ3) is 5.47. The standard InChI is InChI=1S/C17H20N4O2S2/c1-24-16(18-22)14-4-10-20(11-5-14)8-3-9-21-12-6-15(7-13-21)17(19-23)25-2/h4-7,10-13H,3,8-9H2,1-2H3. The second-order valence-corrected chi connectivity index (χ2v) is 6.79. The van der Waals surface area contributed by atoms with Crippen LogP contribution in [-0.4, -0.2) is 35.4 Å². The Labute approximate surface area is 156 Å². The van der Waals surface area contributed by atoms with Gasteiger partial charge in [0, 0.05) is 49.0 Å². The van der Waals surface area contributed by atoms with Crippen molar-refractivity contribution in [2.75, 3.05) is 25.6 Å². The molecule has 0 saturated carbocycles. The molecular formula is C17H20N4O2S2. The Morgan fingerprint density at radius 1 is 0.800 bits per heavy atom. The van der Waals surface area contributed by atoms with Crippen LogP contribution in [0, 0.1) is 9.81 Å². The van der Waals surface area contributed by atoms with Crippen LogP contribution in [-0.2, 0) is 0 Å². The first kappa shape index (κ1) is 19.3. The summed E-state index contributed by atoms with van der Waals surface area (Å²) < 4.78 is 0. The molecule has 0 fully saturated rings. The Kier molecular flexibility index (Phi) is 7.75. The van der Waals surface area contributed by atoms with Crippen LogP contribution in [0.15, 0.2) is 80.7 Å². The van der Waals surface area contributed by atoms with Crippen LogP contribution in [0.1, 0.15) is 6.42 Å². The van der Waals surface area contributed by atoms with Gasteiger partial charge >= 0.3 is 0 Å². The largest absolute Gasteiger partial charge is 0.354 e. The third-order valence-electron chi connectivity index (χ3n) is 3.66. The molecule has 2 rings (SSSR count). The maximum Gasteiger partial charge on any atom is 0.148 e. The van der Waals surface area contributed by atoms with Crippen LogP contribution < -0.4 is 0 Å². The van der Waals surface area contributed by atoms with Crippen molar-refractivity contribution in [2.24, 2.45) is 10.4 Å². The smallest absolute Gasteiger partial charge is 0.148 e. The third-order valence-corrected chi connectivity index (χ3v) is 5.06. The summed E-state index contributed by atoms with van der Waals surface area (Å²) in [6.07, 6.45) is 20.1. The fraction of sp³-hybridized carbons (Fsp3) is 0.294. The molecule has 0 aromatic rings. The Balaban J connectivity index is 1.80. The summed E-state index contributed by atoms with van der Waals surface area (Å²) in [7, 11) is 0. The SMILES string of the molecule is CSC(N=O)=C1C=CN(CCCN2C=CC(=C(N=O)SC)C=C2)C=C1. The Hall–Kier alpha value is -2.06. The number of allylic oxidation sites excluding steroid dienone is 6. The molecule has 0 atom stereocenters. The zero-order valence-electron chi connectivity index (χ0n) is 14.2. The van der Waals surface area contributed by atoms with Crippen LogP contribution in [0.4, 0.5) is 0 Å². The van der Waals surface area contributed by atoms with Gasteiger partial charge < -0.3 is 9.80 Å². The van der Waals surface area contributed by atoms with Crippen molar-refractivity contribution in [3.05, 3.63) is 80.1 Å². The molecule has 8 heteroatoms. The topological polar surface area (TPSA) is 65.3 Å². The van der Waals surface area contributed by atoms with Gasteiger partial charge in [-0.15, -0.1) is 33.3 Å². The highest BCUT2D eigenvalue weighted by Crippen LogP contribution is 2.24. The highest BCUT2D eigenvalue weighted by molar-refractivity contribution is 8.02. The number of nitrogens with zero attached hydrogens (tertiary/aromatic N) is 4. The van der Waals surface area contributed by atoms with Gasteiger partial charge in [0.1, 0.15) is 10.1 Å². The van der Waals surface area contributed by atoms with E-state index in [0.717, 1.165) is 30.7 Å². The lowest BCUT2D eigenvalue weighted by Gasteiger charge is -2.22. The first-order chi connectivity index (χ1) is 12.2. The number of hydrogen-bond acceptors (Lipinski definition) is 8. The molecule has 132 valence electrons. The first-order valence-electron chi connectivity index (χ1n) is 7.69. The van der Waals surface area contributed by atoms with Crippen LogP contribution in [0.2, 0.25) is 0 Å². The maximum atomic E-state index is 10.7. The Morgan fingerprint density at radius 3 is 1.44 bits per heavy atom. The molecule has 0 spiro atoms. The minimum atomic E-state index is 0.494. The van der Waals surface area contributed by atoms with E-state index in [4.69, 9.17) is 0 Å². The molecule has 0 aromatic carbocycles. The van der Waals surface area contributed by atoms with E-state index in [-0.39, 0.29) is 0 Å². The summed E-state index contributed by atoms with van der Waals surface area (Å²) in [4.78, 5) is 25.6. The van der Waals surface area contributed by atoms with Crippen molar-refractivity contribution in [2.45, 2.75) is 6.42 Å². The zero-order valence-corrected chi connectivity index (χ0v) is 15.8. The van der Waals surface area contributed by atoms with Gasteiger partial charge in [0.05, 0.1) is 0 Å². The van der Waals surface area contributed by atoms with Gasteiger partial charge in [-0.3, -0.25) is 0 Å². The predicted octanol–water partition coefficient (Wildman–Crippen LogP) is 4.74. The molecule has 0 N–H and O–H groups in total. The van der Waals surface area contributed by atoms with E-state index in [9.17, 15) is 9.81 Å². The lowest BCUT2D eigenvalue weighted by molar-refractivity contribution is 0.420. The molecule has 0 aliphatic carbocycles. The van der Waals surface area contributed by atoms with Crippen molar-refractivity contribution >= 4 is 23.5 Å². The lowest BCUT2D eigenvalue weighted by atomic mass is 10.2. The average Bonchev–Trinajstić information content (AvgIpc) is 2.66. The summed E-state index contributed by atoms with van der Waals surface area (Å²) in [6.45, 7) is 1.74. The quantitative estimate of drug-likeness (QED) is 0.570. The van der Waals surface area contributed by atoms with Gasteiger partial charge in [0.25, 0.3) is 0 Å². The lowest BCUT2D eigenvalue weighted by Crippen LogP contribution is -2.20. The average molecular weight is 377 g/mol. The van der Waals surface area contributed by atoms with Crippen LogP contribution >= 0.6 is 23.5 Å². The van der Waals surface area contributed by atoms with Crippen molar-refractivity contribution in [1.82, 2.24) is 9.80 Å². The van der Waals surface area contributed by atoms with Gasteiger partial charge in [-0.1, -0.05) is 0 Å². The summed E-state index contributed by atoms with van der Waals surface area (Å²) in [6, 6.07) is 0. The summed E-state index contributed by atoms with van der Waals surface area (Å²) >= 11 is 2.69. The summed E-state index contributed by atoms with van der Waals surface area (Å²) in [5, 5.41) is 7.04. The molecule has 0 saturated heterocycles. The van der Waals surface area contributed by atoms with Gasteiger partial charge in [-0.25, -0.2) is 0 Å². The highest BCUT2D eigenvalue weighted by Gasteiger charge is 2.08. The van der Waals surface area contributed by atoms with Crippen molar-refractivity contribution < 1.29 is 0 Å². The van der Waals surface area contributed by atoms with Crippen LogP contribution in [0.3, 0.4) is 0 Å². The van der Waals surface area contributed by atoms with E-state index in [0.29, 0.717) is 10.1 Å². The second-order valence-electron chi connectivity index (χ2n) is 5.20. The molecule has 2 heterocycles. The Bertz CT molecular complexity index is 603. The molecule has 0 aromatic heterocycles. The minimum Gasteiger partial charge on any atom is -0.354 e. The van der Waals surface area contributed by atoms with E-state index >= 15 is 0 Å². The van der Waals surface area contributed by atoms with Gasteiger partial charge in [0.2, 0.25) is 0 Å². The fourth-order valence-electron chi connectivity index (χ4n) is 2.35. The first-order valence-corrected chi connectivity index (χ1v) is 10.1. The molecule has 0 radical (unpaired) electrons. The van der Waals surface area contributed by atoms with Crippen molar-refractivity contribution in [3.8, 4) is 0 Å². The Morgan fingerprint density at radius 2 is 1.16 bits per heavy atom. The molecule has 2 aliphatic heterocycles. The molecule has 6 nitrogen and oxygen atoms in total. The number of thioether (sulfide) groups is 2. The van der Waals surface area contributed by atoms with E-state index in [1.165, 1.54) is 23.5 Å². The van der Waals surface area contributed by atoms with Crippen molar-refractivity contribution in [3.63, 3.8) is 0 Å². The van der Waals surface area contributed by atoms with Gasteiger partial charge in [-0.2, -0.15) is 0 Å². The van der Waals surface area contributed by atoms with E-state index in [1.54, 1.807) is 0 Å².